The monoisotopic (exact) mass is 453 g/mol. The summed E-state index contributed by atoms with van der Waals surface area (Å²) in [4.78, 5) is 10.6. The molecule has 0 atom stereocenters. The molecule has 0 unspecified atom stereocenters. The van der Waals surface area contributed by atoms with Gasteiger partial charge in [0.05, 0.1) is 23.7 Å². The highest BCUT2D eigenvalue weighted by Gasteiger charge is 2.20. The molecule has 0 aliphatic carbocycles. The van der Waals surface area contributed by atoms with Gasteiger partial charge in [-0.1, -0.05) is 29.1 Å². The number of hydrogen-bond acceptors (Lipinski definition) is 5. The molecular weight excluding hydrogens is 436 g/mol. The molecule has 1 aromatic carbocycles. The Morgan fingerprint density at radius 3 is 2.48 bits per heavy atom. The Balaban J connectivity index is 1.66. The third-order valence-corrected chi connectivity index (χ3v) is 5.80. The van der Waals surface area contributed by atoms with Crippen molar-refractivity contribution in [2.45, 2.75) is 0 Å². The second-order valence-electron chi connectivity index (χ2n) is 6.99. The number of hydrogen-bond donors (Lipinski definition) is 0. The topological polar surface area (TPSA) is 44.6 Å². The Bertz CT molecular complexity index is 1180. The van der Waals surface area contributed by atoms with E-state index in [1.165, 1.54) is 12.3 Å². The number of piperazine rings is 1. The largest absolute Gasteiger partial charge is 0.352 e. The van der Waals surface area contributed by atoms with E-state index in [0.717, 1.165) is 26.2 Å². The van der Waals surface area contributed by atoms with Gasteiger partial charge in [-0.3, -0.25) is 9.99 Å². The lowest BCUT2D eigenvalue weighted by atomic mass is 9.98. The molecule has 1 saturated heterocycles. The molecule has 1 aliphatic heterocycles. The highest BCUT2D eigenvalue weighted by Crippen LogP contribution is 2.37. The maximum Gasteiger partial charge on any atom is 0.147 e. The lowest BCUT2D eigenvalue weighted by Gasteiger charge is -2.34. The number of hydrazone groups is 1. The van der Waals surface area contributed by atoms with E-state index in [9.17, 15) is 0 Å². The molecule has 4 rings (SSSR count). The Labute approximate surface area is 190 Å². The summed E-state index contributed by atoms with van der Waals surface area (Å²) in [6, 6.07) is 6.35. The van der Waals surface area contributed by atoms with E-state index in [1.54, 1.807) is 30.6 Å². The Kier molecular flexibility index (Phi) is 6.08. The first-order valence-corrected chi connectivity index (χ1v) is 10.3. The Morgan fingerprint density at radius 1 is 1.03 bits per heavy atom. The molecule has 156 valence electrons. The van der Waals surface area contributed by atoms with Crippen LogP contribution in [-0.2, 0) is 0 Å². The molecule has 5 nitrogen and oxygen atoms in total. The van der Waals surface area contributed by atoms with Crippen molar-refractivity contribution in [3.63, 3.8) is 0 Å². The number of anilines is 1. The van der Waals surface area contributed by atoms with Gasteiger partial charge >= 0.3 is 0 Å². The average Bonchev–Trinajstić information content (AvgIpc) is 2.80. The SMILES string of the molecule is C#Cc1cnccc1-c1cc(Cl)c(-c2cnc(N3CCN(N=C)CC3)c(Cl)c2)cc1F. The van der Waals surface area contributed by atoms with Gasteiger partial charge < -0.3 is 4.90 Å². The summed E-state index contributed by atoms with van der Waals surface area (Å²) in [5, 5.41) is 6.69. The van der Waals surface area contributed by atoms with Crippen LogP contribution in [0.2, 0.25) is 10.0 Å². The van der Waals surface area contributed by atoms with Crippen molar-refractivity contribution in [2.24, 2.45) is 5.10 Å². The molecule has 1 aliphatic rings. The predicted octanol–water partition coefficient (Wildman–Crippen LogP) is 4.98. The van der Waals surface area contributed by atoms with Crippen LogP contribution in [0.4, 0.5) is 10.2 Å². The lowest BCUT2D eigenvalue weighted by molar-refractivity contribution is 0.272. The van der Waals surface area contributed by atoms with Crippen LogP contribution in [0.1, 0.15) is 5.56 Å². The van der Waals surface area contributed by atoms with Gasteiger partial charge in [-0.05, 0) is 24.3 Å². The van der Waals surface area contributed by atoms with Gasteiger partial charge in [-0.2, -0.15) is 5.10 Å². The number of halogens is 3. The maximum absolute atomic E-state index is 15.0. The maximum atomic E-state index is 15.0. The average molecular weight is 454 g/mol. The van der Waals surface area contributed by atoms with E-state index >= 15 is 4.39 Å². The van der Waals surface area contributed by atoms with E-state index in [1.807, 2.05) is 5.01 Å². The Morgan fingerprint density at radius 2 is 1.81 bits per heavy atom. The van der Waals surface area contributed by atoms with Gasteiger partial charge in [-0.25, -0.2) is 9.37 Å². The number of aromatic nitrogens is 2. The first-order valence-electron chi connectivity index (χ1n) is 9.54. The van der Waals surface area contributed by atoms with Crippen LogP contribution in [0.3, 0.4) is 0 Å². The molecule has 0 amide bonds. The van der Waals surface area contributed by atoms with Crippen LogP contribution in [0, 0.1) is 18.2 Å². The van der Waals surface area contributed by atoms with Gasteiger partial charge in [0.2, 0.25) is 0 Å². The number of rotatable bonds is 4. The van der Waals surface area contributed by atoms with Crippen LogP contribution in [-0.4, -0.2) is 47.9 Å². The summed E-state index contributed by atoms with van der Waals surface area (Å²) in [6.07, 6.45) is 10.3. The van der Waals surface area contributed by atoms with Crippen LogP contribution < -0.4 is 4.90 Å². The molecule has 0 saturated carbocycles. The van der Waals surface area contributed by atoms with Gasteiger partial charge in [0.15, 0.2) is 0 Å². The van der Waals surface area contributed by atoms with Crippen LogP contribution in [0.25, 0.3) is 22.3 Å². The third-order valence-electron chi connectivity index (χ3n) is 5.21. The fourth-order valence-electron chi connectivity index (χ4n) is 3.58. The van der Waals surface area contributed by atoms with Crippen LogP contribution in [0.15, 0.2) is 48.0 Å². The molecule has 0 N–H and O–H groups in total. The fourth-order valence-corrected chi connectivity index (χ4v) is 4.14. The van der Waals surface area contributed by atoms with Gasteiger partial charge in [-0.15, -0.1) is 6.42 Å². The quantitative estimate of drug-likeness (QED) is 0.412. The summed E-state index contributed by atoms with van der Waals surface area (Å²) in [6.45, 7) is 6.52. The second kappa shape index (κ2) is 8.93. The molecule has 1 fully saturated rings. The number of nitrogens with zero attached hydrogens (tertiary/aromatic N) is 5. The van der Waals surface area contributed by atoms with E-state index in [2.05, 4.69) is 32.6 Å². The number of terminal acetylenes is 1. The Hall–Kier alpha value is -3.14. The number of pyridine rings is 2. The molecule has 31 heavy (non-hydrogen) atoms. The van der Waals surface area contributed by atoms with Crippen molar-refractivity contribution < 1.29 is 4.39 Å². The normalized spacial score (nSPS) is 13.7. The summed E-state index contributed by atoms with van der Waals surface area (Å²) >= 11 is 13.0. The van der Waals surface area contributed by atoms with Crippen molar-refractivity contribution in [3.8, 4) is 34.6 Å². The smallest absolute Gasteiger partial charge is 0.147 e. The van der Waals surface area contributed by atoms with Gasteiger partial charge in [0, 0.05) is 65.7 Å². The van der Waals surface area contributed by atoms with E-state index in [4.69, 9.17) is 29.6 Å². The summed E-state index contributed by atoms with van der Waals surface area (Å²) < 4.78 is 15.0. The highest BCUT2D eigenvalue weighted by atomic mass is 35.5. The van der Waals surface area contributed by atoms with Crippen molar-refractivity contribution in [2.75, 3.05) is 31.1 Å². The first kappa shape index (κ1) is 21.1. The molecule has 0 bridgehead atoms. The van der Waals surface area contributed by atoms with Crippen molar-refractivity contribution in [3.05, 3.63) is 64.3 Å². The first-order chi connectivity index (χ1) is 15.0. The third kappa shape index (κ3) is 4.20. The molecule has 3 heterocycles. The summed E-state index contributed by atoms with van der Waals surface area (Å²) in [7, 11) is 0. The zero-order valence-electron chi connectivity index (χ0n) is 16.5. The molecular formula is C23H18Cl2FN5. The van der Waals surface area contributed by atoms with Crippen molar-refractivity contribution in [1.29, 1.82) is 0 Å². The fraction of sp³-hybridized carbons (Fsp3) is 0.174. The predicted molar refractivity (Wildman–Crippen MR) is 124 cm³/mol. The minimum Gasteiger partial charge on any atom is -0.352 e. The lowest BCUT2D eigenvalue weighted by Crippen LogP contribution is -2.44. The molecule has 0 radical (unpaired) electrons. The zero-order chi connectivity index (χ0) is 22.0. The van der Waals surface area contributed by atoms with Gasteiger partial charge in [0.25, 0.3) is 0 Å². The van der Waals surface area contributed by atoms with E-state index < -0.39 is 5.82 Å². The van der Waals surface area contributed by atoms with Crippen LogP contribution in [0.5, 0.6) is 0 Å². The van der Waals surface area contributed by atoms with Crippen LogP contribution >= 0.6 is 23.2 Å². The minimum atomic E-state index is -0.449. The van der Waals surface area contributed by atoms with Crippen molar-refractivity contribution in [1.82, 2.24) is 15.0 Å². The highest BCUT2D eigenvalue weighted by molar-refractivity contribution is 6.34. The molecule has 3 aromatic rings. The van der Waals surface area contributed by atoms with Gasteiger partial charge in [0.1, 0.15) is 11.6 Å². The van der Waals surface area contributed by atoms with E-state index in [0.29, 0.717) is 43.7 Å². The van der Waals surface area contributed by atoms with Crippen molar-refractivity contribution >= 4 is 35.7 Å². The van der Waals surface area contributed by atoms with E-state index in [-0.39, 0.29) is 0 Å². The second-order valence-corrected chi connectivity index (χ2v) is 7.80. The summed E-state index contributed by atoms with van der Waals surface area (Å²) in [5.41, 5.74) is 2.49. The molecule has 8 heteroatoms. The molecule has 0 spiro atoms. The number of benzene rings is 1. The summed E-state index contributed by atoms with van der Waals surface area (Å²) in [5.74, 6) is 2.75. The minimum absolute atomic E-state index is 0.313. The molecule has 2 aromatic heterocycles. The standard InChI is InChI=1S/C23H18Cl2FN5/c1-3-15-13-28-5-4-17(15)19-11-20(24)18(12-22(19)26)16-10-21(25)23(29-14-16)30-6-8-31(27-2)9-7-30/h1,4-5,10-14H,2,6-9H2. The zero-order valence-corrected chi connectivity index (χ0v) is 18.0.